The van der Waals surface area contributed by atoms with Gasteiger partial charge in [-0.15, -0.1) is 0 Å². The predicted octanol–water partition coefficient (Wildman–Crippen LogP) is 2.25. The van der Waals surface area contributed by atoms with Crippen LogP contribution in [0.1, 0.15) is 5.56 Å². The second kappa shape index (κ2) is 6.35. The molecule has 0 spiro atoms. The third-order valence-electron chi connectivity index (χ3n) is 1.75. The molecule has 0 saturated heterocycles. The monoisotopic (exact) mass is 242 g/mol. The minimum atomic E-state index is 0.187. The van der Waals surface area contributed by atoms with Crippen LogP contribution >= 0.6 is 11.6 Å². The molecule has 0 aromatic carbocycles. The quantitative estimate of drug-likeness (QED) is 0.586. The van der Waals surface area contributed by atoms with Crippen LogP contribution in [0.5, 0.6) is 5.75 Å². The Balaban J connectivity index is 2.89. The minimum Gasteiger partial charge on any atom is -0.465 e. The van der Waals surface area contributed by atoms with E-state index in [9.17, 15) is 0 Å². The van der Waals surface area contributed by atoms with Crippen molar-refractivity contribution >= 4 is 17.7 Å². The Kier molecular flexibility index (Phi) is 5.08. The molecule has 5 heteroatoms. The zero-order valence-electron chi connectivity index (χ0n) is 9.61. The summed E-state index contributed by atoms with van der Waals surface area (Å²) in [5.74, 6) is 0.643. The van der Waals surface area contributed by atoms with Crippen LogP contribution in [0.15, 0.2) is 18.5 Å². The van der Waals surface area contributed by atoms with Crippen LogP contribution in [0.4, 0.5) is 0 Å². The van der Waals surface area contributed by atoms with E-state index in [0.29, 0.717) is 10.9 Å². The Bertz CT molecular complexity index is 367. The number of hydrogen-bond donors (Lipinski definition) is 0. The summed E-state index contributed by atoms with van der Waals surface area (Å²) in [6.07, 6.45) is 5.39. The van der Waals surface area contributed by atoms with E-state index in [1.165, 1.54) is 0 Å². The molecule has 0 saturated carbocycles. The molecule has 0 atom stereocenters. The molecule has 1 rings (SSSR count). The number of nitrogens with zero attached hydrogens (tertiary/aromatic N) is 2. The smallest absolute Gasteiger partial charge is 0.188 e. The lowest BCUT2D eigenvalue weighted by Crippen LogP contribution is -2.02. The molecule has 0 aliphatic carbocycles. The average molecular weight is 243 g/mol. The van der Waals surface area contributed by atoms with Gasteiger partial charge in [0.1, 0.15) is 10.9 Å². The summed E-state index contributed by atoms with van der Waals surface area (Å²) in [4.78, 5) is 5.88. The van der Waals surface area contributed by atoms with E-state index in [-0.39, 0.29) is 6.79 Å². The Labute approximate surface area is 100 Å². The van der Waals surface area contributed by atoms with Crippen LogP contribution in [-0.2, 0) is 4.74 Å². The molecule has 0 fully saturated rings. The van der Waals surface area contributed by atoms with Crippen molar-refractivity contribution in [3.63, 3.8) is 0 Å². The van der Waals surface area contributed by atoms with Gasteiger partial charge in [0.15, 0.2) is 6.79 Å². The fraction of sp³-hybridized carbons (Fsp3) is 0.364. The highest BCUT2D eigenvalue weighted by Gasteiger charge is 2.02. The van der Waals surface area contributed by atoms with Crippen molar-refractivity contribution in [3.05, 3.63) is 29.2 Å². The van der Waals surface area contributed by atoms with Crippen molar-refractivity contribution in [1.29, 1.82) is 0 Å². The first-order chi connectivity index (χ1) is 7.63. The first kappa shape index (κ1) is 12.8. The third kappa shape index (κ3) is 4.08. The number of halogens is 1. The second-order valence-corrected chi connectivity index (χ2v) is 3.76. The van der Waals surface area contributed by atoms with E-state index in [0.717, 1.165) is 5.56 Å². The molecule has 0 amide bonds. The van der Waals surface area contributed by atoms with E-state index in [1.54, 1.807) is 19.4 Å². The van der Waals surface area contributed by atoms with Crippen molar-refractivity contribution in [2.24, 2.45) is 0 Å². The fourth-order valence-corrected chi connectivity index (χ4v) is 1.20. The first-order valence-electron chi connectivity index (χ1n) is 4.75. The maximum Gasteiger partial charge on any atom is 0.188 e. The van der Waals surface area contributed by atoms with Gasteiger partial charge in [0, 0.05) is 26.8 Å². The van der Waals surface area contributed by atoms with E-state index >= 15 is 0 Å². The lowest BCUT2D eigenvalue weighted by Gasteiger charge is -2.09. The number of aromatic nitrogens is 1. The minimum absolute atomic E-state index is 0.187. The van der Waals surface area contributed by atoms with Gasteiger partial charge in [-0.1, -0.05) is 11.6 Å². The Hall–Kier alpha value is -1.26. The zero-order valence-corrected chi connectivity index (χ0v) is 10.4. The fourth-order valence-electron chi connectivity index (χ4n) is 1.03. The van der Waals surface area contributed by atoms with Crippen LogP contribution in [0.25, 0.3) is 6.08 Å². The first-order valence-corrected chi connectivity index (χ1v) is 5.13. The van der Waals surface area contributed by atoms with Gasteiger partial charge in [0.05, 0.1) is 6.20 Å². The van der Waals surface area contributed by atoms with Crippen molar-refractivity contribution < 1.29 is 9.47 Å². The normalized spacial score (nSPS) is 10.8. The highest BCUT2D eigenvalue weighted by molar-refractivity contribution is 6.29. The molecular formula is C11H15ClN2O2. The molecule has 88 valence electrons. The van der Waals surface area contributed by atoms with Crippen LogP contribution in [0.3, 0.4) is 0 Å². The van der Waals surface area contributed by atoms with Crippen LogP contribution in [0, 0.1) is 0 Å². The van der Waals surface area contributed by atoms with E-state index in [2.05, 4.69) is 4.98 Å². The van der Waals surface area contributed by atoms with E-state index in [1.807, 2.05) is 31.3 Å². The number of hydrogen-bond acceptors (Lipinski definition) is 4. The molecule has 0 aliphatic heterocycles. The van der Waals surface area contributed by atoms with Gasteiger partial charge in [-0.25, -0.2) is 4.98 Å². The molecule has 0 bridgehead atoms. The van der Waals surface area contributed by atoms with Crippen LogP contribution in [-0.4, -0.2) is 37.9 Å². The van der Waals surface area contributed by atoms with E-state index < -0.39 is 0 Å². The van der Waals surface area contributed by atoms with Gasteiger partial charge in [-0.3, -0.25) is 0 Å². The van der Waals surface area contributed by atoms with Gasteiger partial charge in [0.25, 0.3) is 0 Å². The summed E-state index contributed by atoms with van der Waals surface area (Å²) in [7, 11) is 5.45. The number of methoxy groups -OCH3 is 1. The number of rotatable bonds is 5. The maximum absolute atomic E-state index is 5.82. The van der Waals surface area contributed by atoms with Crippen LogP contribution in [0.2, 0.25) is 5.15 Å². The topological polar surface area (TPSA) is 34.6 Å². The largest absolute Gasteiger partial charge is 0.465 e. The summed E-state index contributed by atoms with van der Waals surface area (Å²) in [6.45, 7) is 0.187. The van der Waals surface area contributed by atoms with Gasteiger partial charge in [0.2, 0.25) is 0 Å². The highest BCUT2D eigenvalue weighted by atomic mass is 35.5. The molecule has 0 unspecified atom stereocenters. The summed E-state index contributed by atoms with van der Waals surface area (Å²) >= 11 is 5.82. The van der Waals surface area contributed by atoms with Gasteiger partial charge in [-0.2, -0.15) is 0 Å². The van der Waals surface area contributed by atoms with Crippen molar-refractivity contribution in [2.75, 3.05) is 28.0 Å². The number of ether oxygens (including phenoxy) is 2. The van der Waals surface area contributed by atoms with Crippen molar-refractivity contribution in [3.8, 4) is 5.75 Å². The maximum atomic E-state index is 5.82. The van der Waals surface area contributed by atoms with Crippen molar-refractivity contribution in [1.82, 2.24) is 9.88 Å². The van der Waals surface area contributed by atoms with Crippen LogP contribution < -0.4 is 4.74 Å². The lowest BCUT2D eigenvalue weighted by atomic mass is 10.2. The molecule has 1 aromatic heterocycles. The van der Waals surface area contributed by atoms with Gasteiger partial charge in [-0.05, 0) is 18.3 Å². The molecular weight excluding hydrogens is 228 g/mol. The molecule has 16 heavy (non-hydrogen) atoms. The Morgan fingerprint density at radius 2 is 2.25 bits per heavy atom. The SMILES string of the molecule is COCOc1cnc(Cl)cc1/C=C/N(C)C. The summed E-state index contributed by atoms with van der Waals surface area (Å²) in [6, 6.07) is 1.74. The highest BCUT2D eigenvalue weighted by Crippen LogP contribution is 2.22. The summed E-state index contributed by atoms with van der Waals surface area (Å²) < 4.78 is 10.2. The molecule has 4 nitrogen and oxygen atoms in total. The second-order valence-electron chi connectivity index (χ2n) is 3.38. The van der Waals surface area contributed by atoms with Gasteiger partial charge < -0.3 is 14.4 Å². The molecule has 0 N–H and O–H groups in total. The average Bonchev–Trinajstić information content (AvgIpc) is 2.25. The molecule has 0 aliphatic rings. The van der Waals surface area contributed by atoms with E-state index in [4.69, 9.17) is 21.1 Å². The Morgan fingerprint density at radius 3 is 2.88 bits per heavy atom. The summed E-state index contributed by atoms with van der Waals surface area (Å²) in [5, 5.41) is 0.433. The predicted molar refractivity (Wildman–Crippen MR) is 64.5 cm³/mol. The summed E-state index contributed by atoms with van der Waals surface area (Å²) in [5.41, 5.74) is 0.866. The third-order valence-corrected chi connectivity index (χ3v) is 1.96. The standard InChI is InChI=1S/C11H15ClN2O2/c1-14(2)5-4-9-6-11(12)13-7-10(9)16-8-15-3/h4-7H,8H2,1-3H3/b5-4+. The van der Waals surface area contributed by atoms with Gasteiger partial charge >= 0.3 is 0 Å². The van der Waals surface area contributed by atoms with Crippen molar-refractivity contribution in [2.45, 2.75) is 0 Å². The molecule has 1 heterocycles. The Morgan fingerprint density at radius 1 is 1.50 bits per heavy atom. The zero-order chi connectivity index (χ0) is 12.0. The lowest BCUT2D eigenvalue weighted by molar-refractivity contribution is 0.0507. The number of pyridine rings is 1. The molecule has 1 aromatic rings. The molecule has 0 radical (unpaired) electrons.